The second-order valence-corrected chi connectivity index (χ2v) is 7.42. The smallest absolute Gasteiger partial charge is 0.330 e. The lowest BCUT2D eigenvalue weighted by Gasteiger charge is -1.97. The fourth-order valence-corrected chi connectivity index (χ4v) is 4.66. The first-order valence-electron chi connectivity index (χ1n) is 6.28. The van der Waals surface area contributed by atoms with Crippen LogP contribution < -0.4 is 0 Å². The van der Waals surface area contributed by atoms with Crippen LogP contribution >= 0.6 is 34.0 Å². The van der Waals surface area contributed by atoms with Gasteiger partial charge in [-0.15, -0.1) is 34.0 Å². The summed E-state index contributed by atoms with van der Waals surface area (Å²) >= 11 is 5.18. The summed E-state index contributed by atoms with van der Waals surface area (Å²) < 4.78 is 5.05. The van der Waals surface area contributed by atoms with Gasteiger partial charge in [-0.05, 0) is 35.7 Å². The Bertz CT molecular complexity index is 750. The molecule has 3 heterocycles. The zero-order valence-corrected chi connectivity index (χ0v) is 13.5. The first kappa shape index (κ1) is 14.3. The molecule has 0 radical (unpaired) electrons. The molecule has 0 aliphatic heterocycles. The van der Waals surface area contributed by atoms with Gasteiger partial charge in [0.1, 0.15) is 6.61 Å². The molecule has 3 aromatic heterocycles. The molecule has 0 saturated heterocycles. The monoisotopic (exact) mass is 332 g/mol. The van der Waals surface area contributed by atoms with Crippen LogP contribution in [0.15, 0.2) is 54.4 Å². The highest BCUT2D eigenvalue weighted by molar-refractivity contribution is 7.26. The molecule has 0 unspecified atom stereocenters. The molecule has 3 aromatic rings. The summed E-state index contributed by atoms with van der Waals surface area (Å²) in [6.07, 6.45) is 1.18. The van der Waals surface area contributed by atoms with Crippen molar-refractivity contribution in [1.82, 2.24) is 0 Å². The SMILES string of the molecule is C=CC(=O)OCc1ccc(-c2ccc(-c3cccs3)s2)s1. The molecule has 106 valence electrons. The van der Waals surface area contributed by atoms with Crippen molar-refractivity contribution < 1.29 is 9.53 Å². The van der Waals surface area contributed by atoms with E-state index in [1.165, 1.54) is 25.6 Å². The van der Waals surface area contributed by atoms with E-state index in [9.17, 15) is 4.79 Å². The molecule has 3 rings (SSSR count). The minimum atomic E-state index is -0.388. The summed E-state index contributed by atoms with van der Waals surface area (Å²) in [6, 6.07) is 12.6. The number of ether oxygens (including phenoxy) is 1. The molecule has 0 aliphatic rings. The van der Waals surface area contributed by atoms with E-state index in [1.54, 1.807) is 34.0 Å². The van der Waals surface area contributed by atoms with E-state index >= 15 is 0 Å². The fourth-order valence-electron chi connectivity index (χ4n) is 1.81. The van der Waals surface area contributed by atoms with Gasteiger partial charge in [0.15, 0.2) is 0 Å². The van der Waals surface area contributed by atoms with Gasteiger partial charge in [-0.3, -0.25) is 0 Å². The quantitative estimate of drug-likeness (QED) is 0.460. The summed E-state index contributed by atoms with van der Waals surface area (Å²) in [4.78, 5) is 17.1. The van der Waals surface area contributed by atoms with E-state index < -0.39 is 0 Å². The van der Waals surface area contributed by atoms with E-state index in [1.807, 2.05) is 6.07 Å². The number of esters is 1. The Labute approximate surface area is 135 Å². The highest BCUT2D eigenvalue weighted by atomic mass is 32.1. The topological polar surface area (TPSA) is 26.3 Å². The van der Waals surface area contributed by atoms with Crippen molar-refractivity contribution in [2.45, 2.75) is 6.61 Å². The summed E-state index contributed by atoms with van der Waals surface area (Å²) in [6.45, 7) is 3.69. The maximum Gasteiger partial charge on any atom is 0.330 e. The Morgan fingerprint density at radius 2 is 1.76 bits per heavy atom. The van der Waals surface area contributed by atoms with Crippen LogP contribution in [0.25, 0.3) is 19.5 Å². The third-order valence-corrected chi connectivity index (χ3v) is 6.20. The predicted molar refractivity (Wildman–Crippen MR) is 90.9 cm³/mol. The summed E-state index contributed by atoms with van der Waals surface area (Å²) in [5.74, 6) is -0.388. The van der Waals surface area contributed by atoms with E-state index in [0.717, 1.165) is 4.88 Å². The zero-order chi connectivity index (χ0) is 14.7. The van der Waals surface area contributed by atoms with Crippen molar-refractivity contribution >= 4 is 40.0 Å². The van der Waals surface area contributed by atoms with Crippen molar-refractivity contribution in [3.05, 3.63) is 59.3 Å². The Morgan fingerprint density at radius 3 is 2.48 bits per heavy atom. The molecule has 2 nitrogen and oxygen atoms in total. The molecule has 0 saturated carbocycles. The minimum absolute atomic E-state index is 0.304. The van der Waals surface area contributed by atoms with Crippen LogP contribution in [0.1, 0.15) is 4.88 Å². The van der Waals surface area contributed by atoms with Crippen LogP contribution in [0.2, 0.25) is 0 Å². The highest BCUT2D eigenvalue weighted by Gasteiger charge is 2.09. The van der Waals surface area contributed by atoms with Crippen molar-refractivity contribution in [3.63, 3.8) is 0 Å². The number of carbonyl (C=O) groups is 1. The van der Waals surface area contributed by atoms with Crippen LogP contribution in [-0.2, 0) is 16.1 Å². The first-order chi connectivity index (χ1) is 10.3. The van der Waals surface area contributed by atoms with E-state index in [-0.39, 0.29) is 5.97 Å². The summed E-state index contributed by atoms with van der Waals surface area (Å²) in [5, 5.41) is 2.09. The van der Waals surface area contributed by atoms with E-state index in [4.69, 9.17) is 4.74 Å². The van der Waals surface area contributed by atoms with Gasteiger partial charge in [-0.1, -0.05) is 12.6 Å². The fraction of sp³-hybridized carbons (Fsp3) is 0.0625. The van der Waals surface area contributed by atoms with E-state index in [2.05, 4.69) is 42.3 Å². The van der Waals surface area contributed by atoms with Crippen molar-refractivity contribution in [3.8, 4) is 19.5 Å². The molecule has 0 fully saturated rings. The van der Waals surface area contributed by atoms with Gasteiger partial charge in [0.2, 0.25) is 0 Å². The molecule has 0 amide bonds. The average molecular weight is 332 g/mol. The van der Waals surface area contributed by atoms with Gasteiger partial charge in [0.25, 0.3) is 0 Å². The molecular weight excluding hydrogens is 320 g/mol. The summed E-state index contributed by atoms with van der Waals surface area (Å²) in [7, 11) is 0. The number of rotatable bonds is 5. The van der Waals surface area contributed by atoms with Gasteiger partial charge in [-0.2, -0.15) is 0 Å². The lowest BCUT2D eigenvalue weighted by molar-refractivity contribution is -0.138. The molecule has 5 heteroatoms. The number of carbonyl (C=O) groups excluding carboxylic acids is 1. The molecule has 21 heavy (non-hydrogen) atoms. The van der Waals surface area contributed by atoms with Gasteiger partial charge in [0.05, 0.1) is 0 Å². The molecular formula is C16H12O2S3. The predicted octanol–water partition coefficient (Wildman–Crippen LogP) is 5.43. The lowest BCUT2D eigenvalue weighted by atomic mass is 10.3. The van der Waals surface area contributed by atoms with Crippen LogP contribution in [0.3, 0.4) is 0 Å². The second kappa shape index (κ2) is 6.39. The average Bonchev–Trinajstić information content (AvgIpc) is 3.23. The van der Waals surface area contributed by atoms with Crippen LogP contribution in [0, 0.1) is 0 Å². The zero-order valence-electron chi connectivity index (χ0n) is 11.1. The van der Waals surface area contributed by atoms with Gasteiger partial charge < -0.3 is 4.74 Å². The number of hydrogen-bond donors (Lipinski definition) is 0. The highest BCUT2D eigenvalue weighted by Crippen LogP contribution is 2.39. The van der Waals surface area contributed by atoms with E-state index in [0.29, 0.717) is 6.61 Å². The molecule has 0 atom stereocenters. The Morgan fingerprint density at radius 1 is 1.05 bits per heavy atom. The van der Waals surface area contributed by atoms with Crippen LogP contribution in [-0.4, -0.2) is 5.97 Å². The molecule has 0 aliphatic carbocycles. The van der Waals surface area contributed by atoms with Gasteiger partial charge >= 0.3 is 5.97 Å². The van der Waals surface area contributed by atoms with Gasteiger partial charge in [0, 0.05) is 30.5 Å². The van der Waals surface area contributed by atoms with Gasteiger partial charge in [-0.25, -0.2) is 4.79 Å². The Hall–Kier alpha value is -1.69. The molecule has 0 spiro atoms. The summed E-state index contributed by atoms with van der Waals surface area (Å²) in [5.41, 5.74) is 0. The largest absolute Gasteiger partial charge is 0.457 e. The van der Waals surface area contributed by atoms with Crippen LogP contribution in [0.5, 0.6) is 0 Å². The standard InChI is InChI=1S/C16H12O2S3/c1-2-16(17)18-10-11-5-6-14(20-11)15-8-7-13(21-15)12-4-3-9-19-12/h2-9H,1,10H2. The second-order valence-electron chi connectivity index (χ2n) is 4.22. The van der Waals surface area contributed by atoms with Crippen molar-refractivity contribution in [1.29, 1.82) is 0 Å². The normalized spacial score (nSPS) is 10.5. The van der Waals surface area contributed by atoms with Crippen LogP contribution in [0.4, 0.5) is 0 Å². The third kappa shape index (κ3) is 3.32. The lowest BCUT2D eigenvalue weighted by Crippen LogP contribution is -1.98. The van der Waals surface area contributed by atoms with Crippen molar-refractivity contribution in [2.24, 2.45) is 0 Å². The Balaban J connectivity index is 1.74. The third-order valence-electron chi connectivity index (χ3n) is 2.80. The molecule has 0 N–H and O–H groups in total. The molecule has 0 aromatic carbocycles. The maximum absolute atomic E-state index is 11.1. The first-order valence-corrected chi connectivity index (χ1v) is 8.79. The molecule has 0 bridgehead atoms. The number of hydrogen-bond acceptors (Lipinski definition) is 5. The Kier molecular flexibility index (Phi) is 4.34. The maximum atomic E-state index is 11.1. The van der Waals surface area contributed by atoms with Crippen molar-refractivity contribution in [2.75, 3.05) is 0 Å². The number of thiophene rings is 3. The minimum Gasteiger partial charge on any atom is -0.457 e.